The van der Waals surface area contributed by atoms with E-state index >= 15 is 0 Å². The van der Waals surface area contributed by atoms with Crippen LogP contribution in [-0.4, -0.2) is 15.7 Å². The summed E-state index contributed by atoms with van der Waals surface area (Å²) >= 11 is 0. The Morgan fingerprint density at radius 3 is 2.78 bits per heavy atom. The molecule has 1 unspecified atom stereocenters. The van der Waals surface area contributed by atoms with Crippen molar-refractivity contribution in [3.05, 3.63) is 45.1 Å². The fraction of sp³-hybridized carbons (Fsp3) is 0.385. The number of rotatable bonds is 1. The van der Waals surface area contributed by atoms with Gasteiger partial charge in [0.1, 0.15) is 0 Å². The molecule has 0 aliphatic carbocycles. The van der Waals surface area contributed by atoms with Crippen molar-refractivity contribution in [2.75, 3.05) is 6.54 Å². The molecule has 0 radical (unpaired) electrons. The largest absolute Gasteiger partial charge is 0.332 e. The molecule has 2 heterocycles. The number of aromatic nitrogens is 2. The molecule has 18 heavy (non-hydrogen) atoms. The smallest absolute Gasteiger partial charge is 0.297 e. The summed E-state index contributed by atoms with van der Waals surface area (Å²) in [6.45, 7) is 0.854. The van der Waals surface area contributed by atoms with Crippen LogP contribution in [0.2, 0.25) is 0 Å². The molecule has 0 saturated carbocycles. The molecule has 1 aliphatic rings. The first-order valence-electron chi connectivity index (χ1n) is 6.14. The first kappa shape index (κ1) is 11.2. The van der Waals surface area contributed by atoms with Gasteiger partial charge in [0.05, 0.1) is 17.1 Å². The molecule has 5 nitrogen and oxygen atoms in total. The highest BCUT2D eigenvalue weighted by Crippen LogP contribution is 2.14. The fourth-order valence-electron chi connectivity index (χ4n) is 2.59. The topological polar surface area (TPSA) is 56.0 Å². The summed E-state index contributed by atoms with van der Waals surface area (Å²) in [6, 6.07) is 7.22. The monoisotopic (exact) mass is 245 g/mol. The molecule has 5 heteroatoms. The Hall–Kier alpha value is -1.88. The van der Waals surface area contributed by atoms with Crippen molar-refractivity contribution in [3.8, 4) is 0 Å². The van der Waals surface area contributed by atoms with E-state index in [-0.39, 0.29) is 17.4 Å². The summed E-state index contributed by atoms with van der Waals surface area (Å²) in [5, 5.41) is 3.79. The van der Waals surface area contributed by atoms with Crippen molar-refractivity contribution in [2.24, 2.45) is 7.05 Å². The predicted molar refractivity (Wildman–Crippen MR) is 69.7 cm³/mol. The zero-order valence-electron chi connectivity index (χ0n) is 10.2. The molecule has 0 amide bonds. The van der Waals surface area contributed by atoms with Gasteiger partial charge in [-0.3, -0.25) is 14.7 Å². The molecule has 1 fully saturated rings. The van der Waals surface area contributed by atoms with Gasteiger partial charge in [0.2, 0.25) is 0 Å². The molecule has 1 aromatic carbocycles. The summed E-state index contributed by atoms with van der Waals surface area (Å²) in [5.41, 5.74) is 0.230. The summed E-state index contributed by atoms with van der Waals surface area (Å²) < 4.78 is 2.88. The minimum Gasteiger partial charge on any atom is -0.297 e. The third kappa shape index (κ3) is 1.51. The van der Waals surface area contributed by atoms with E-state index in [2.05, 4.69) is 5.32 Å². The Labute approximate surface area is 104 Å². The number of hydrogen-bond donors (Lipinski definition) is 1. The number of fused-ring (bicyclic) bond motifs is 1. The van der Waals surface area contributed by atoms with Gasteiger partial charge in [0.15, 0.2) is 0 Å². The van der Waals surface area contributed by atoms with Gasteiger partial charge >= 0.3 is 5.69 Å². The molecule has 94 valence electrons. The van der Waals surface area contributed by atoms with Crippen LogP contribution in [0.1, 0.15) is 19.0 Å². The lowest BCUT2D eigenvalue weighted by molar-refractivity contribution is 0.430. The molecule has 1 aromatic heterocycles. The maximum atomic E-state index is 12.4. The summed E-state index contributed by atoms with van der Waals surface area (Å²) in [7, 11) is 1.70. The van der Waals surface area contributed by atoms with Crippen molar-refractivity contribution >= 4 is 10.9 Å². The standard InChI is InChI=1S/C13H15N3O2/c1-15-10-6-3-2-5-9(10)12(17)16(13(15)18)11-7-4-8-14-11/h2-3,5-6,11,14H,4,7-8H2,1H3. The van der Waals surface area contributed by atoms with E-state index in [1.54, 1.807) is 19.2 Å². The van der Waals surface area contributed by atoms with Gasteiger partial charge < -0.3 is 0 Å². The van der Waals surface area contributed by atoms with Gasteiger partial charge in [-0.1, -0.05) is 12.1 Å². The van der Waals surface area contributed by atoms with Gasteiger partial charge in [-0.2, -0.15) is 0 Å². The first-order valence-corrected chi connectivity index (χ1v) is 6.14. The number of nitrogens with zero attached hydrogens (tertiary/aromatic N) is 2. The SMILES string of the molecule is Cn1c(=O)n(C2CCCN2)c(=O)c2ccccc21. The lowest BCUT2D eigenvalue weighted by atomic mass is 10.2. The lowest BCUT2D eigenvalue weighted by Crippen LogP contribution is -2.44. The summed E-state index contributed by atoms with van der Waals surface area (Å²) in [4.78, 5) is 24.7. The van der Waals surface area contributed by atoms with Crippen molar-refractivity contribution in [1.82, 2.24) is 14.5 Å². The zero-order valence-corrected chi connectivity index (χ0v) is 10.2. The van der Waals surface area contributed by atoms with Crippen LogP contribution in [0.5, 0.6) is 0 Å². The van der Waals surface area contributed by atoms with E-state index in [1.807, 2.05) is 12.1 Å². The lowest BCUT2D eigenvalue weighted by Gasteiger charge is -2.16. The normalized spacial score (nSPS) is 19.5. The average Bonchev–Trinajstić information content (AvgIpc) is 2.90. The van der Waals surface area contributed by atoms with Crippen LogP contribution >= 0.6 is 0 Å². The molecule has 2 aromatic rings. The highest BCUT2D eigenvalue weighted by atomic mass is 16.2. The highest BCUT2D eigenvalue weighted by Gasteiger charge is 2.21. The molecule has 3 rings (SSSR count). The molecule has 0 bridgehead atoms. The molecule has 1 N–H and O–H groups in total. The minimum atomic E-state index is -0.252. The van der Waals surface area contributed by atoms with Crippen LogP contribution in [0, 0.1) is 0 Å². The Bertz CT molecular complexity index is 708. The van der Waals surface area contributed by atoms with Gasteiger partial charge in [0.25, 0.3) is 5.56 Å². The molecular weight excluding hydrogens is 230 g/mol. The van der Waals surface area contributed by atoms with Crippen molar-refractivity contribution < 1.29 is 0 Å². The number of nitrogens with one attached hydrogen (secondary N) is 1. The van der Waals surface area contributed by atoms with Gasteiger partial charge in [-0.25, -0.2) is 9.36 Å². The van der Waals surface area contributed by atoms with Crippen LogP contribution in [0.15, 0.2) is 33.9 Å². The molecule has 1 saturated heterocycles. The van der Waals surface area contributed by atoms with Crippen molar-refractivity contribution in [3.63, 3.8) is 0 Å². The third-order valence-corrected chi connectivity index (χ3v) is 3.55. The van der Waals surface area contributed by atoms with E-state index in [0.29, 0.717) is 10.9 Å². The first-order chi connectivity index (χ1) is 8.70. The molecule has 0 spiro atoms. The van der Waals surface area contributed by atoms with Crippen molar-refractivity contribution in [2.45, 2.75) is 19.0 Å². The van der Waals surface area contributed by atoms with E-state index in [9.17, 15) is 9.59 Å². The van der Waals surface area contributed by atoms with Crippen LogP contribution in [0.25, 0.3) is 10.9 Å². The average molecular weight is 245 g/mol. The Balaban J connectivity index is 2.39. The molecule has 1 aliphatic heterocycles. The van der Waals surface area contributed by atoms with E-state index in [1.165, 1.54) is 9.13 Å². The van der Waals surface area contributed by atoms with Crippen LogP contribution in [0.3, 0.4) is 0 Å². The van der Waals surface area contributed by atoms with E-state index < -0.39 is 0 Å². The number of aryl methyl sites for hydroxylation is 1. The van der Waals surface area contributed by atoms with Crippen LogP contribution in [-0.2, 0) is 7.05 Å². The predicted octanol–water partition coefficient (Wildman–Crippen LogP) is 0.582. The quantitative estimate of drug-likeness (QED) is 0.799. The fourth-order valence-corrected chi connectivity index (χ4v) is 2.59. The Morgan fingerprint density at radius 1 is 1.28 bits per heavy atom. The second kappa shape index (κ2) is 4.10. The second-order valence-corrected chi connectivity index (χ2v) is 4.65. The minimum absolute atomic E-state index is 0.166. The number of hydrogen-bond acceptors (Lipinski definition) is 3. The van der Waals surface area contributed by atoms with E-state index in [0.717, 1.165) is 19.4 Å². The maximum Gasteiger partial charge on any atom is 0.332 e. The Kier molecular flexibility index (Phi) is 2.56. The summed E-state index contributed by atoms with van der Waals surface area (Å²) in [5.74, 6) is 0. The zero-order chi connectivity index (χ0) is 12.7. The van der Waals surface area contributed by atoms with Gasteiger partial charge in [0, 0.05) is 7.05 Å². The number of benzene rings is 1. The van der Waals surface area contributed by atoms with Gasteiger partial charge in [-0.05, 0) is 31.5 Å². The van der Waals surface area contributed by atoms with Crippen LogP contribution in [0.4, 0.5) is 0 Å². The van der Waals surface area contributed by atoms with E-state index in [4.69, 9.17) is 0 Å². The molecular formula is C13H15N3O2. The number of para-hydroxylation sites is 1. The van der Waals surface area contributed by atoms with Gasteiger partial charge in [-0.15, -0.1) is 0 Å². The Morgan fingerprint density at radius 2 is 2.06 bits per heavy atom. The molecule has 1 atom stereocenters. The summed E-state index contributed by atoms with van der Waals surface area (Å²) in [6.07, 6.45) is 1.65. The highest BCUT2D eigenvalue weighted by molar-refractivity contribution is 5.77. The maximum absolute atomic E-state index is 12.4. The third-order valence-electron chi connectivity index (χ3n) is 3.55. The van der Waals surface area contributed by atoms with Crippen LogP contribution < -0.4 is 16.6 Å². The van der Waals surface area contributed by atoms with Crippen molar-refractivity contribution in [1.29, 1.82) is 0 Å². The second-order valence-electron chi connectivity index (χ2n) is 4.65.